The number of rotatable bonds is 2. The van der Waals surface area contributed by atoms with Gasteiger partial charge in [-0.15, -0.1) is 0 Å². The van der Waals surface area contributed by atoms with Crippen LogP contribution < -0.4 is 0 Å². The van der Waals surface area contributed by atoms with Gasteiger partial charge in [0.1, 0.15) is 5.69 Å². The van der Waals surface area contributed by atoms with E-state index in [1.807, 2.05) is 0 Å². The van der Waals surface area contributed by atoms with Crippen LogP contribution in [0, 0.1) is 5.95 Å². The Morgan fingerprint density at radius 2 is 1.76 bits per heavy atom. The molecule has 0 amide bonds. The summed E-state index contributed by atoms with van der Waals surface area (Å²) in [5.41, 5.74) is 0.810. The first-order valence-electron chi connectivity index (χ1n) is 4.68. The number of aldehydes is 1. The molecular formula is C12H6Cl2FNO. The monoisotopic (exact) mass is 269 g/mol. The zero-order valence-electron chi connectivity index (χ0n) is 8.45. The summed E-state index contributed by atoms with van der Waals surface area (Å²) in [6.45, 7) is 0. The third-order valence-electron chi connectivity index (χ3n) is 2.16. The van der Waals surface area contributed by atoms with Gasteiger partial charge in [-0.2, -0.15) is 4.39 Å². The van der Waals surface area contributed by atoms with E-state index in [-0.39, 0.29) is 11.3 Å². The number of benzene rings is 1. The Morgan fingerprint density at radius 1 is 1.12 bits per heavy atom. The molecule has 2 rings (SSSR count). The lowest BCUT2D eigenvalue weighted by molar-refractivity contribution is 0.111. The second-order valence-electron chi connectivity index (χ2n) is 3.35. The van der Waals surface area contributed by atoms with Gasteiger partial charge in [-0.25, -0.2) is 4.98 Å². The summed E-state index contributed by atoms with van der Waals surface area (Å²) in [7, 11) is 0. The molecule has 0 aliphatic heterocycles. The van der Waals surface area contributed by atoms with Gasteiger partial charge in [0.2, 0.25) is 5.95 Å². The predicted octanol–water partition coefficient (Wildman–Crippen LogP) is 4.01. The summed E-state index contributed by atoms with van der Waals surface area (Å²) in [4.78, 5) is 13.9. The zero-order chi connectivity index (χ0) is 12.4. The molecule has 0 saturated carbocycles. The summed E-state index contributed by atoms with van der Waals surface area (Å²) in [6.07, 6.45) is 0.484. The Kier molecular flexibility index (Phi) is 3.41. The van der Waals surface area contributed by atoms with Crippen molar-refractivity contribution >= 4 is 29.5 Å². The maximum Gasteiger partial charge on any atom is 0.221 e. The number of carbonyl (C=O) groups is 1. The molecule has 0 aliphatic rings. The van der Waals surface area contributed by atoms with E-state index in [1.54, 1.807) is 18.2 Å². The molecule has 17 heavy (non-hydrogen) atoms. The van der Waals surface area contributed by atoms with Crippen molar-refractivity contribution in [2.45, 2.75) is 0 Å². The van der Waals surface area contributed by atoms with E-state index in [0.717, 1.165) is 0 Å². The number of hydrogen-bond acceptors (Lipinski definition) is 2. The van der Waals surface area contributed by atoms with Crippen LogP contribution in [0.2, 0.25) is 10.0 Å². The molecule has 1 aromatic heterocycles. The minimum Gasteiger partial charge on any atom is -0.296 e. The largest absolute Gasteiger partial charge is 0.296 e. The van der Waals surface area contributed by atoms with Gasteiger partial charge in [-0.3, -0.25) is 4.79 Å². The Hall–Kier alpha value is -1.45. The van der Waals surface area contributed by atoms with E-state index in [0.29, 0.717) is 21.9 Å². The van der Waals surface area contributed by atoms with Gasteiger partial charge in [-0.05, 0) is 35.9 Å². The topological polar surface area (TPSA) is 30.0 Å². The molecule has 0 N–H and O–H groups in total. The molecule has 0 atom stereocenters. The first kappa shape index (κ1) is 12.0. The first-order valence-corrected chi connectivity index (χ1v) is 5.44. The predicted molar refractivity (Wildman–Crippen MR) is 65.0 cm³/mol. The number of hydrogen-bond donors (Lipinski definition) is 0. The summed E-state index contributed by atoms with van der Waals surface area (Å²) in [6, 6.07) is 7.61. The molecule has 0 bridgehead atoms. The first-order chi connectivity index (χ1) is 8.10. The smallest absolute Gasteiger partial charge is 0.221 e. The molecule has 0 fully saturated rings. The lowest BCUT2D eigenvalue weighted by Gasteiger charge is -2.04. The Bertz CT molecular complexity index is 566. The van der Waals surface area contributed by atoms with Crippen LogP contribution in [0.3, 0.4) is 0 Å². The molecule has 5 heteroatoms. The van der Waals surface area contributed by atoms with Crippen LogP contribution >= 0.6 is 23.2 Å². The van der Waals surface area contributed by atoms with E-state index < -0.39 is 5.95 Å². The van der Waals surface area contributed by atoms with Gasteiger partial charge in [0.25, 0.3) is 0 Å². The zero-order valence-corrected chi connectivity index (χ0v) is 9.97. The van der Waals surface area contributed by atoms with Gasteiger partial charge in [0.15, 0.2) is 6.29 Å². The van der Waals surface area contributed by atoms with Crippen molar-refractivity contribution in [3.63, 3.8) is 0 Å². The number of nitrogens with zero attached hydrogens (tertiary/aromatic N) is 1. The Balaban J connectivity index is 2.56. The molecule has 2 nitrogen and oxygen atoms in total. The van der Waals surface area contributed by atoms with Crippen molar-refractivity contribution in [3.8, 4) is 11.1 Å². The van der Waals surface area contributed by atoms with Gasteiger partial charge in [0, 0.05) is 15.6 Å². The molecule has 0 radical (unpaired) electrons. The minimum atomic E-state index is -0.729. The van der Waals surface area contributed by atoms with Crippen LogP contribution in [-0.4, -0.2) is 11.3 Å². The lowest BCUT2D eigenvalue weighted by atomic mass is 10.1. The quantitative estimate of drug-likeness (QED) is 0.609. The summed E-state index contributed by atoms with van der Waals surface area (Å²) >= 11 is 11.7. The maximum atomic E-state index is 13.6. The molecule has 0 aliphatic carbocycles. The average molecular weight is 270 g/mol. The van der Waals surface area contributed by atoms with Crippen LogP contribution in [0.15, 0.2) is 30.3 Å². The molecule has 0 spiro atoms. The fraction of sp³-hybridized carbons (Fsp3) is 0. The third kappa shape index (κ3) is 2.62. The second-order valence-corrected chi connectivity index (χ2v) is 4.22. The maximum absolute atomic E-state index is 13.6. The van der Waals surface area contributed by atoms with Gasteiger partial charge in [0.05, 0.1) is 0 Å². The molecule has 2 aromatic rings. The molecule has 0 unspecified atom stereocenters. The van der Waals surface area contributed by atoms with E-state index in [9.17, 15) is 9.18 Å². The SMILES string of the molecule is O=Cc1ccc(-c2cc(Cl)cc(Cl)c2)c(F)n1. The lowest BCUT2D eigenvalue weighted by Crippen LogP contribution is -1.94. The second kappa shape index (κ2) is 4.82. The van der Waals surface area contributed by atoms with Crippen LogP contribution in [-0.2, 0) is 0 Å². The number of carbonyl (C=O) groups excluding carboxylic acids is 1. The molecule has 1 aromatic carbocycles. The Labute approximate surface area is 107 Å². The highest BCUT2D eigenvalue weighted by molar-refractivity contribution is 6.35. The Morgan fingerprint density at radius 3 is 2.29 bits per heavy atom. The van der Waals surface area contributed by atoms with Crippen molar-refractivity contribution in [1.29, 1.82) is 0 Å². The van der Waals surface area contributed by atoms with Crippen LogP contribution in [0.5, 0.6) is 0 Å². The van der Waals surface area contributed by atoms with Gasteiger partial charge < -0.3 is 0 Å². The highest BCUT2D eigenvalue weighted by Gasteiger charge is 2.09. The average Bonchev–Trinajstić information content (AvgIpc) is 2.27. The van der Waals surface area contributed by atoms with E-state index in [1.165, 1.54) is 12.1 Å². The normalized spacial score (nSPS) is 10.3. The third-order valence-corrected chi connectivity index (χ3v) is 2.60. The summed E-state index contributed by atoms with van der Waals surface area (Å²) in [5, 5.41) is 0.817. The van der Waals surface area contributed by atoms with Crippen molar-refractivity contribution < 1.29 is 9.18 Å². The molecule has 1 heterocycles. The number of aromatic nitrogens is 1. The number of halogens is 3. The standard InChI is InChI=1S/C12H6Cl2FNO/c13-8-3-7(4-9(14)5-8)11-2-1-10(6-17)16-12(11)15/h1-6H. The van der Waals surface area contributed by atoms with Gasteiger partial charge >= 0.3 is 0 Å². The molecule has 0 saturated heterocycles. The fourth-order valence-corrected chi connectivity index (χ4v) is 1.96. The summed E-state index contributed by atoms with van der Waals surface area (Å²) in [5.74, 6) is -0.729. The van der Waals surface area contributed by atoms with Crippen LogP contribution in [0.4, 0.5) is 4.39 Å². The van der Waals surface area contributed by atoms with Gasteiger partial charge in [-0.1, -0.05) is 23.2 Å². The van der Waals surface area contributed by atoms with E-state index in [2.05, 4.69) is 4.98 Å². The van der Waals surface area contributed by atoms with Crippen molar-refractivity contribution in [2.24, 2.45) is 0 Å². The summed E-state index contributed by atoms with van der Waals surface area (Å²) < 4.78 is 13.6. The van der Waals surface area contributed by atoms with E-state index in [4.69, 9.17) is 23.2 Å². The number of pyridine rings is 1. The van der Waals surface area contributed by atoms with Crippen LogP contribution in [0.25, 0.3) is 11.1 Å². The van der Waals surface area contributed by atoms with Crippen LogP contribution in [0.1, 0.15) is 10.5 Å². The van der Waals surface area contributed by atoms with Crippen molar-refractivity contribution in [1.82, 2.24) is 4.98 Å². The van der Waals surface area contributed by atoms with Crippen molar-refractivity contribution in [3.05, 3.63) is 52.0 Å². The molecule has 86 valence electrons. The highest BCUT2D eigenvalue weighted by Crippen LogP contribution is 2.28. The highest BCUT2D eigenvalue weighted by atomic mass is 35.5. The minimum absolute atomic E-state index is 0.0411. The van der Waals surface area contributed by atoms with Crippen molar-refractivity contribution in [2.75, 3.05) is 0 Å². The molecular weight excluding hydrogens is 264 g/mol. The fourth-order valence-electron chi connectivity index (χ4n) is 1.44. The van der Waals surface area contributed by atoms with E-state index >= 15 is 0 Å².